The second kappa shape index (κ2) is 12.7. The highest BCUT2D eigenvalue weighted by Crippen LogP contribution is 2.44. The fourth-order valence-electron chi connectivity index (χ4n) is 4.24. The minimum atomic E-state index is -0.506. The van der Waals surface area contributed by atoms with Gasteiger partial charge in [0.1, 0.15) is 34.6 Å². The Labute approximate surface area is 223 Å². The first-order valence-corrected chi connectivity index (χ1v) is 12.9. The summed E-state index contributed by atoms with van der Waals surface area (Å²) in [4.78, 5) is 12.7. The van der Waals surface area contributed by atoms with Crippen molar-refractivity contribution >= 4 is 5.97 Å². The number of ether oxygens (including phenoxy) is 4. The molecule has 0 amide bonds. The van der Waals surface area contributed by atoms with Crippen molar-refractivity contribution < 1.29 is 23.7 Å². The van der Waals surface area contributed by atoms with Crippen LogP contribution in [-0.4, -0.2) is 19.2 Å². The van der Waals surface area contributed by atoms with Gasteiger partial charge < -0.3 is 24.7 Å². The summed E-state index contributed by atoms with van der Waals surface area (Å²) in [6, 6.07) is 21.8. The summed E-state index contributed by atoms with van der Waals surface area (Å²) in [5.41, 5.74) is 8.47. The van der Waals surface area contributed by atoms with Gasteiger partial charge in [-0.2, -0.15) is 5.26 Å². The second-order valence-corrected chi connectivity index (χ2v) is 9.01. The van der Waals surface area contributed by atoms with Crippen molar-refractivity contribution in [3.63, 3.8) is 0 Å². The summed E-state index contributed by atoms with van der Waals surface area (Å²) in [7, 11) is 0. The van der Waals surface area contributed by atoms with E-state index in [4.69, 9.17) is 24.7 Å². The molecule has 1 aliphatic heterocycles. The van der Waals surface area contributed by atoms with Crippen LogP contribution >= 0.6 is 0 Å². The third kappa shape index (κ3) is 6.27. The van der Waals surface area contributed by atoms with E-state index in [1.807, 2.05) is 31.2 Å². The Bertz CT molecular complexity index is 1340. The van der Waals surface area contributed by atoms with Gasteiger partial charge in [-0.3, -0.25) is 0 Å². The standard InChI is InChI=1S/C31H32N2O5/c1-3-5-6-17-36-24-9-7-8-22(18-24)29-26-15-14-25(19-28(26)38-30(33)27(29)20-32)37-31(34)21-10-12-23(13-11-21)35-16-4-2/h7-15,18-19,29H,3-6,16-17,33H2,1-2H3. The number of hydrogen-bond acceptors (Lipinski definition) is 7. The molecule has 0 aromatic heterocycles. The van der Waals surface area contributed by atoms with Gasteiger partial charge in [0.15, 0.2) is 0 Å². The minimum absolute atomic E-state index is 0.0189. The molecule has 0 spiro atoms. The summed E-state index contributed by atoms with van der Waals surface area (Å²) < 4.78 is 22.9. The average Bonchev–Trinajstić information content (AvgIpc) is 2.93. The first kappa shape index (κ1) is 26.6. The number of allylic oxidation sites excluding steroid dienone is 1. The molecule has 0 radical (unpaired) electrons. The van der Waals surface area contributed by atoms with E-state index in [0.717, 1.165) is 42.6 Å². The van der Waals surface area contributed by atoms with Gasteiger partial charge in [-0.15, -0.1) is 0 Å². The molecule has 1 atom stereocenters. The van der Waals surface area contributed by atoms with Crippen LogP contribution in [0.3, 0.4) is 0 Å². The molecule has 7 heteroatoms. The molecule has 1 aliphatic rings. The number of carbonyl (C=O) groups is 1. The molecule has 7 nitrogen and oxygen atoms in total. The van der Waals surface area contributed by atoms with Crippen LogP contribution in [0.5, 0.6) is 23.0 Å². The first-order chi connectivity index (χ1) is 18.5. The molecule has 0 aliphatic carbocycles. The Morgan fingerprint density at radius 1 is 0.921 bits per heavy atom. The number of esters is 1. The van der Waals surface area contributed by atoms with Crippen molar-refractivity contribution in [2.45, 2.75) is 45.4 Å². The number of nitrogens with two attached hydrogens (primary N) is 1. The van der Waals surface area contributed by atoms with Gasteiger partial charge >= 0.3 is 5.97 Å². The van der Waals surface area contributed by atoms with Crippen molar-refractivity contribution in [1.82, 2.24) is 0 Å². The predicted molar refractivity (Wildman–Crippen MR) is 144 cm³/mol. The van der Waals surface area contributed by atoms with E-state index in [1.54, 1.807) is 42.5 Å². The Kier molecular flexibility index (Phi) is 8.89. The summed E-state index contributed by atoms with van der Waals surface area (Å²) in [6.07, 6.45) is 4.11. The number of nitrogens with zero attached hydrogens (tertiary/aromatic N) is 1. The molecule has 196 valence electrons. The van der Waals surface area contributed by atoms with Crippen LogP contribution < -0.4 is 24.7 Å². The highest BCUT2D eigenvalue weighted by atomic mass is 16.5. The van der Waals surface area contributed by atoms with Gasteiger partial charge in [0, 0.05) is 11.6 Å². The van der Waals surface area contributed by atoms with Gasteiger partial charge in [0.2, 0.25) is 5.88 Å². The summed E-state index contributed by atoms with van der Waals surface area (Å²) >= 11 is 0. The number of nitriles is 1. The van der Waals surface area contributed by atoms with Gasteiger partial charge in [0.05, 0.1) is 24.7 Å². The zero-order valence-corrected chi connectivity index (χ0v) is 21.7. The molecular formula is C31H32N2O5. The van der Waals surface area contributed by atoms with Crippen LogP contribution in [0.1, 0.15) is 66.9 Å². The van der Waals surface area contributed by atoms with Crippen molar-refractivity contribution in [3.05, 3.63) is 94.9 Å². The summed E-state index contributed by atoms with van der Waals surface area (Å²) in [5, 5.41) is 9.88. The molecule has 4 rings (SSSR count). The smallest absolute Gasteiger partial charge is 0.343 e. The van der Waals surface area contributed by atoms with Crippen molar-refractivity contribution in [2.24, 2.45) is 5.73 Å². The fourth-order valence-corrected chi connectivity index (χ4v) is 4.24. The number of unbranched alkanes of at least 4 members (excludes halogenated alkanes) is 2. The molecule has 0 bridgehead atoms. The molecule has 1 heterocycles. The van der Waals surface area contributed by atoms with Gasteiger partial charge in [0.25, 0.3) is 0 Å². The Balaban J connectivity index is 1.55. The van der Waals surface area contributed by atoms with Gasteiger partial charge in [-0.1, -0.05) is 44.9 Å². The lowest BCUT2D eigenvalue weighted by molar-refractivity contribution is 0.0734. The largest absolute Gasteiger partial charge is 0.494 e. The highest BCUT2D eigenvalue weighted by molar-refractivity contribution is 5.91. The molecule has 1 unspecified atom stereocenters. The summed E-state index contributed by atoms with van der Waals surface area (Å²) in [5.74, 6) is 1.23. The number of benzene rings is 3. The Hall–Kier alpha value is -4.44. The van der Waals surface area contributed by atoms with E-state index < -0.39 is 11.9 Å². The maximum absolute atomic E-state index is 12.7. The van der Waals surface area contributed by atoms with E-state index in [0.29, 0.717) is 41.6 Å². The molecule has 0 saturated carbocycles. The van der Waals surface area contributed by atoms with Crippen LogP contribution in [0.25, 0.3) is 0 Å². The zero-order chi connectivity index (χ0) is 26.9. The van der Waals surface area contributed by atoms with Crippen molar-refractivity contribution in [3.8, 4) is 29.1 Å². The topological polar surface area (TPSA) is 104 Å². The van der Waals surface area contributed by atoms with Gasteiger partial charge in [-0.05, 0) is 60.9 Å². The fraction of sp³-hybridized carbons (Fsp3) is 0.290. The predicted octanol–water partition coefficient (Wildman–Crippen LogP) is 6.48. The molecule has 0 fully saturated rings. The highest BCUT2D eigenvalue weighted by Gasteiger charge is 2.31. The van der Waals surface area contributed by atoms with Crippen LogP contribution in [0.15, 0.2) is 78.2 Å². The zero-order valence-electron chi connectivity index (χ0n) is 21.7. The molecule has 0 saturated heterocycles. The van der Waals surface area contributed by atoms with Crippen LogP contribution in [-0.2, 0) is 0 Å². The first-order valence-electron chi connectivity index (χ1n) is 12.9. The lowest BCUT2D eigenvalue weighted by Crippen LogP contribution is -2.21. The van der Waals surface area contributed by atoms with Gasteiger partial charge in [-0.25, -0.2) is 4.79 Å². The average molecular weight is 513 g/mol. The minimum Gasteiger partial charge on any atom is -0.494 e. The number of fused-ring (bicyclic) bond motifs is 1. The van der Waals surface area contributed by atoms with E-state index in [2.05, 4.69) is 13.0 Å². The number of rotatable bonds is 11. The third-order valence-corrected chi connectivity index (χ3v) is 6.17. The third-order valence-electron chi connectivity index (χ3n) is 6.17. The Morgan fingerprint density at radius 2 is 1.68 bits per heavy atom. The van der Waals surface area contributed by atoms with E-state index >= 15 is 0 Å². The number of carbonyl (C=O) groups excluding carboxylic acids is 1. The lowest BCUT2D eigenvalue weighted by atomic mass is 9.83. The molecule has 2 N–H and O–H groups in total. The molecule has 38 heavy (non-hydrogen) atoms. The maximum atomic E-state index is 12.7. The number of hydrogen-bond donors (Lipinski definition) is 1. The van der Waals surface area contributed by atoms with E-state index in [9.17, 15) is 10.1 Å². The summed E-state index contributed by atoms with van der Waals surface area (Å²) in [6.45, 7) is 5.42. The lowest BCUT2D eigenvalue weighted by Gasteiger charge is -2.27. The second-order valence-electron chi connectivity index (χ2n) is 9.01. The monoisotopic (exact) mass is 512 g/mol. The van der Waals surface area contributed by atoms with Crippen LogP contribution in [0.4, 0.5) is 0 Å². The van der Waals surface area contributed by atoms with E-state index in [-0.39, 0.29) is 5.88 Å². The van der Waals surface area contributed by atoms with Crippen LogP contribution in [0.2, 0.25) is 0 Å². The Morgan fingerprint density at radius 3 is 2.42 bits per heavy atom. The van der Waals surface area contributed by atoms with Crippen LogP contribution in [0, 0.1) is 11.3 Å². The maximum Gasteiger partial charge on any atom is 0.343 e. The molecular weight excluding hydrogens is 480 g/mol. The quantitative estimate of drug-likeness (QED) is 0.178. The SMILES string of the molecule is CCCCCOc1cccc(C2C(C#N)=C(N)Oc3cc(OC(=O)c4ccc(OCCC)cc4)ccc32)c1. The van der Waals surface area contributed by atoms with Crippen molar-refractivity contribution in [1.29, 1.82) is 5.26 Å². The normalized spacial score (nSPS) is 14.2. The van der Waals surface area contributed by atoms with Crippen molar-refractivity contribution in [2.75, 3.05) is 13.2 Å². The molecule has 3 aromatic carbocycles. The van der Waals surface area contributed by atoms with E-state index in [1.165, 1.54) is 0 Å². The molecule has 3 aromatic rings.